The second-order valence-electron chi connectivity index (χ2n) is 9.25. The average molecular weight is 456 g/mol. The van der Waals surface area contributed by atoms with E-state index < -0.39 is 0 Å². The molecule has 1 aliphatic rings. The van der Waals surface area contributed by atoms with Crippen molar-refractivity contribution in [2.45, 2.75) is 33.4 Å². The molecular weight excluding hydrogens is 426 g/mol. The van der Waals surface area contributed by atoms with Crippen LogP contribution >= 0.6 is 0 Å². The first-order valence-corrected chi connectivity index (χ1v) is 11.7. The number of aryl methyl sites for hydroxylation is 2. The van der Waals surface area contributed by atoms with Crippen LogP contribution in [0.1, 0.15) is 44.5 Å². The van der Waals surface area contributed by atoms with E-state index in [1.54, 1.807) is 6.26 Å². The Morgan fingerprint density at radius 2 is 1.59 bits per heavy atom. The first-order valence-electron chi connectivity index (χ1n) is 11.7. The Balaban J connectivity index is 1.35. The standard InChI is InChI=1S/C28H29N3O3/c1-19-4-8-22(9-5-19)18-31-25(16-24-12-15-34-28(24)31)27(33)29-13-14-30(21(3)17-29)26(32)23-10-6-20(2)7-11-23/h4-12,15-16,21H,13-14,17-18H2,1-3H3. The molecule has 0 N–H and O–H groups in total. The summed E-state index contributed by atoms with van der Waals surface area (Å²) >= 11 is 0. The van der Waals surface area contributed by atoms with E-state index in [1.807, 2.05) is 64.6 Å². The topological polar surface area (TPSA) is 58.7 Å². The van der Waals surface area contributed by atoms with Gasteiger partial charge in [-0.05, 0) is 50.6 Å². The molecule has 6 heteroatoms. The van der Waals surface area contributed by atoms with Gasteiger partial charge in [0.05, 0.1) is 12.8 Å². The zero-order valence-electron chi connectivity index (χ0n) is 19.8. The molecule has 0 aliphatic carbocycles. The van der Waals surface area contributed by atoms with E-state index in [1.165, 1.54) is 5.56 Å². The summed E-state index contributed by atoms with van der Waals surface area (Å²) in [6, 6.07) is 19.7. The van der Waals surface area contributed by atoms with Crippen LogP contribution in [0.15, 0.2) is 71.3 Å². The van der Waals surface area contributed by atoms with E-state index >= 15 is 0 Å². The molecule has 1 fully saturated rings. The molecule has 34 heavy (non-hydrogen) atoms. The number of aromatic nitrogens is 1. The smallest absolute Gasteiger partial charge is 0.270 e. The van der Waals surface area contributed by atoms with Gasteiger partial charge in [-0.1, -0.05) is 47.5 Å². The molecule has 5 rings (SSSR count). The second-order valence-corrected chi connectivity index (χ2v) is 9.25. The van der Waals surface area contributed by atoms with E-state index in [0.717, 1.165) is 16.5 Å². The van der Waals surface area contributed by atoms with Crippen molar-refractivity contribution in [1.82, 2.24) is 14.4 Å². The van der Waals surface area contributed by atoms with Gasteiger partial charge in [0.1, 0.15) is 5.69 Å². The lowest BCUT2D eigenvalue weighted by Crippen LogP contribution is -2.55. The molecule has 1 atom stereocenters. The van der Waals surface area contributed by atoms with E-state index in [9.17, 15) is 9.59 Å². The molecular formula is C28H29N3O3. The lowest BCUT2D eigenvalue weighted by Gasteiger charge is -2.40. The molecule has 0 radical (unpaired) electrons. The van der Waals surface area contributed by atoms with Crippen LogP contribution in [0.5, 0.6) is 0 Å². The summed E-state index contributed by atoms with van der Waals surface area (Å²) in [6.07, 6.45) is 1.65. The van der Waals surface area contributed by atoms with Crippen LogP contribution in [0, 0.1) is 13.8 Å². The predicted molar refractivity (Wildman–Crippen MR) is 132 cm³/mol. The maximum absolute atomic E-state index is 13.6. The maximum Gasteiger partial charge on any atom is 0.270 e. The average Bonchev–Trinajstić information content (AvgIpc) is 3.42. The van der Waals surface area contributed by atoms with Crippen molar-refractivity contribution >= 4 is 22.9 Å². The van der Waals surface area contributed by atoms with Crippen molar-refractivity contribution in [3.63, 3.8) is 0 Å². The van der Waals surface area contributed by atoms with Crippen LogP contribution in [-0.4, -0.2) is 51.9 Å². The number of fused-ring (bicyclic) bond motifs is 1. The number of rotatable bonds is 4. The van der Waals surface area contributed by atoms with Crippen molar-refractivity contribution in [3.8, 4) is 0 Å². The van der Waals surface area contributed by atoms with E-state index in [4.69, 9.17) is 4.42 Å². The number of piperazine rings is 1. The van der Waals surface area contributed by atoms with Gasteiger partial charge in [0, 0.05) is 36.6 Å². The molecule has 1 saturated heterocycles. The SMILES string of the molecule is Cc1ccc(Cn2c(C(=O)N3CCN(C(=O)c4ccc(C)cc4)C(C)C3)cc3ccoc32)cc1. The lowest BCUT2D eigenvalue weighted by atomic mass is 10.1. The molecule has 6 nitrogen and oxygen atoms in total. The minimum Gasteiger partial charge on any atom is -0.448 e. The minimum atomic E-state index is -0.0741. The normalized spacial score (nSPS) is 16.3. The second kappa shape index (κ2) is 8.86. The van der Waals surface area contributed by atoms with Crippen molar-refractivity contribution in [2.75, 3.05) is 19.6 Å². The van der Waals surface area contributed by atoms with Crippen LogP contribution < -0.4 is 0 Å². The monoisotopic (exact) mass is 455 g/mol. The van der Waals surface area contributed by atoms with Crippen molar-refractivity contribution in [1.29, 1.82) is 0 Å². The third kappa shape index (κ3) is 4.12. The van der Waals surface area contributed by atoms with E-state index in [0.29, 0.717) is 43.1 Å². The van der Waals surface area contributed by atoms with Crippen molar-refractivity contribution < 1.29 is 14.0 Å². The Bertz CT molecular complexity index is 1330. The number of hydrogen-bond donors (Lipinski definition) is 0. The number of nitrogens with zero attached hydrogens (tertiary/aromatic N) is 3. The first-order chi connectivity index (χ1) is 16.4. The first kappa shape index (κ1) is 22.0. The summed E-state index contributed by atoms with van der Waals surface area (Å²) in [7, 11) is 0. The minimum absolute atomic E-state index is 0.0138. The molecule has 2 aromatic heterocycles. The van der Waals surface area contributed by atoms with Crippen LogP contribution in [0.3, 0.4) is 0 Å². The highest BCUT2D eigenvalue weighted by molar-refractivity contribution is 5.98. The molecule has 0 saturated carbocycles. The fraction of sp³-hybridized carbons (Fsp3) is 0.286. The molecule has 1 unspecified atom stereocenters. The fourth-order valence-electron chi connectivity index (χ4n) is 4.65. The predicted octanol–water partition coefficient (Wildman–Crippen LogP) is 4.89. The summed E-state index contributed by atoms with van der Waals surface area (Å²) in [5.74, 6) is -0.0207. The third-order valence-electron chi connectivity index (χ3n) is 6.66. The molecule has 4 aromatic rings. The zero-order chi connectivity index (χ0) is 23.8. The van der Waals surface area contributed by atoms with Gasteiger partial charge in [-0.15, -0.1) is 0 Å². The number of carbonyl (C=O) groups is 2. The Kier molecular flexibility index (Phi) is 5.74. The van der Waals surface area contributed by atoms with Gasteiger partial charge in [0.25, 0.3) is 11.8 Å². The Morgan fingerprint density at radius 1 is 0.912 bits per heavy atom. The molecule has 1 aliphatic heterocycles. The van der Waals surface area contributed by atoms with E-state index in [-0.39, 0.29) is 17.9 Å². The van der Waals surface area contributed by atoms with Gasteiger partial charge in [-0.3, -0.25) is 9.59 Å². The van der Waals surface area contributed by atoms with E-state index in [2.05, 4.69) is 31.2 Å². The Hall–Kier alpha value is -3.80. The summed E-state index contributed by atoms with van der Waals surface area (Å²) in [5.41, 5.74) is 5.42. The van der Waals surface area contributed by atoms with Crippen LogP contribution in [-0.2, 0) is 6.54 Å². The van der Waals surface area contributed by atoms with Crippen LogP contribution in [0.2, 0.25) is 0 Å². The van der Waals surface area contributed by atoms with Crippen molar-refractivity contribution in [2.24, 2.45) is 0 Å². The summed E-state index contributed by atoms with van der Waals surface area (Å²) in [5, 5.41) is 0.914. The molecule has 3 heterocycles. The van der Waals surface area contributed by atoms with Gasteiger partial charge >= 0.3 is 0 Å². The molecule has 174 valence electrons. The highest BCUT2D eigenvalue weighted by atomic mass is 16.3. The fourth-order valence-corrected chi connectivity index (χ4v) is 4.65. The highest BCUT2D eigenvalue weighted by Crippen LogP contribution is 2.25. The molecule has 2 aromatic carbocycles. The number of benzene rings is 2. The Labute approximate surface area is 199 Å². The number of hydrogen-bond acceptors (Lipinski definition) is 3. The van der Waals surface area contributed by atoms with Gasteiger partial charge in [0.2, 0.25) is 5.71 Å². The molecule has 0 bridgehead atoms. The maximum atomic E-state index is 13.6. The van der Waals surface area contributed by atoms with Gasteiger partial charge < -0.3 is 18.8 Å². The largest absolute Gasteiger partial charge is 0.448 e. The third-order valence-corrected chi connectivity index (χ3v) is 6.66. The van der Waals surface area contributed by atoms with Crippen molar-refractivity contribution in [3.05, 3.63) is 94.9 Å². The Morgan fingerprint density at radius 3 is 2.26 bits per heavy atom. The quantitative estimate of drug-likeness (QED) is 0.440. The molecule has 0 spiro atoms. The van der Waals surface area contributed by atoms with Gasteiger partial charge in [-0.25, -0.2) is 0 Å². The highest BCUT2D eigenvalue weighted by Gasteiger charge is 2.32. The number of furan rings is 1. The summed E-state index contributed by atoms with van der Waals surface area (Å²) in [6.45, 7) is 8.12. The number of amides is 2. The molecule has 2 amide bonds. The number of carbonyl (C=O) groups excluding carboxylic acids is 2. The lowest BCUT2D eigenvalue weighted by molar-refractivity contribution is 0.0409. The van der Waals surface area contributed by atoms with Crippen LogP contribution in [0.4, 0.5) is 0 Å². The van der Waals surface area contributed by atoms with Gasteiger partial charge in [-0.2, -0.15) is 0 Å². The van der Waals surface area contributed by atoms with Gasteiger partial charge in [0.15, 0.2) is 0 Å². The zero-order valence-corrected chi connectivity index (χ0v) is 19.8. The van der Waals surface area contributed by atoms with Crippen LogP contribution in [0.25, 0.3) is 11.1 Å². The summed E-state index contributed by atoms with van der Waals surface area (Å²) < 4.78 is 7.68. The summed E-state index contributed by atoms with van der Waals surface area (Å²) in [4.78, 5) is 30.4.